The molecule has 2 aromatic carbocycles. The molecule has 4 nitrogen and oxygen atoms in total. The lowest BCUT2D eigenvalue weighted by atomic mass is 10.0. The van der Waals surface area contributed by atoms with E-state index in [4.69, 9.17) is 16.3 Å². The third kappa shape index (κ3) is 4.57. The maximum atomic E-state index is 12.1. The number of nitrogens with one attached hydrogen (secondary N) is 1. The van der Waals surface area contributed by atoms with Crippen molar-refractivity contribution in [3.05, 3.63) is 64.2 Å². The Balaban J connectivity index is 2.05. The first kappa shape index (κ1) is 17.0. The summed E-state index contributed by atoms with van der Waals surface area (Å²) >= 11 is 5.91. The Kier molecular flexibility index (Phi) is 5.77. The molecule has 0 fully saturated rings. The van der Waals surface area contributed by atoms with Crippen molar-refractivity contribution >= 4 is 23.7 Å². The normalized spacial score (nSPS) is 11.0. The van der Waals surface area contributed by atoms with Gasteiger partial charge in [-0.1, -0.05) is 49.7 Å². The van der Waals surface area contributed by atoms with E-state index in [0.29, 0.717) is 22.3 Å². The van der Waals surface area contributed by atoms with Crippen LogP contribution in [0.15, 0.2) is 47.6 Å². The number of benzene rings is 2. The van der Waals surface area contributed by atoms with E-state index in [0.717, 1.165) is 5.56 Å². The summed E-state index contributed by atoms with van der Waals surface area (Å²) in [6, 6.07) is 12.9. The Bertz CT molecular complexity index is 709. The number of methoxy groups -OCH3 is 1. The summed E-state index contributed by atoms with van der Waals surface area (Å²) in [6.45, 7) is 4.28. The quantitative estimate of drug-likeness (QED) is 0.658. The molecule has 0 saturated heterocycles. The predicted molar refractivity (Wildman–Crippen MR) is 93.6 cm³/mol. The SMILES string of the molecule is COc1ccc(Cl)cc1C(=O)NN=Cc1ccc(C(C)C)cc1. The third-order valence-electron chi connectivity index (χ3n) is 3.39. The molecule has 0 unspecified atom stereocenters. The second kappa shape index (κ2) is 7.79. The van der Waals surface area contributed by atoms with E-state index < -0.39 is 0 Å². The molecule has 0 aromatic heterocycles. The number of hydrogen-bond acceptors (Lipinski definition) is 3. The first-order valence-corrected chi connectivity index (χ1v) is 7.66. The fraction of sp³-hybridized carbons (Fsp3) is 0.222. The van der Waals surface area contributed by atoms with Crippen LogP contribution in [0, 0.1) is 0 Å². The van der Waals surface area contributed by atoms with Crippen LogP contribution in [0.25, 0.3) is 0 Å². The molecule has 0 aliphatic carbocycles. The lowest BCUT2D eigenvalue weighted by molar-refractivity contribution is 0.0952. The van der Waals surface area contributed by atoms with E-state index >= 15 is 0 Å². The second-order valence-corrected chi connectivity index (χ2v) is 5.80. The van der Waals surface area contributed by atoms with Gasteiger partial charge in [-0.25, -0.2) is 5.43 Å². The molecule has 0 saturated carbocycles. The Hall–Kier alpha value is -2.33. The van der Waals surface area contributed by atoms with Crippen LogP contribution in [0.3, 0.4) is 0 Å². The van der Waals surface area contributed by atoms with Crippen LogP contribution in [-0.2, 0) is 0 Å². The minimum atomic E-state index is -0.376. The van der Waals surface area contributed by atoms with E-state index in [9.17, 15) is 4.79 Å². The lowest BCUT2D eigenvalue weighted by Crippen LogP contribution is -2.18. The molecule has 0 spiro atoms. The van der Waals surface area contributed by atoms with E-state index in [-0.39, 0.29) is 5.91 Å². The number of amides is 1. The van der Waals surface area contributed by atoms with E-state index in [1.165, 1.54) is 12.7 Å². The smallest absolute Gasteiger partial charge is 0.275 e. The van der Waals surface area contributed by atoms with Gasteiger partial charge in [0, 0.05) is 5.02 Å². The van der Waals surface area contributed by atoms with Gasteiger partial charge in [-0.2, -0.15) is 5.10 Å². The lowest BCUT2D eigenvalue weighted by Gasteiger charge is -2.07. The van der Waals surface area contributed by atoms with E-state index in [1.54, 1.807) is 24.4 Å². The van der Waals surface area contributed by atoms with Crippen molar-refractivity contribution in [2.45, 2.75) is 19.8 Å². The zero-order valence-electron chi connectivity index (χ0n) is 13.3. The number of hydrazone groups is 1. The number of ether oxygens (including phenoxy) is 1. The maximum Gasteiger partial charge on any atom is 0.275 e. The van der Waals surface area contributed by atoms with Gasteiger partial charge in [0.15, 0.2) is 0 Å². The van der Waals surface area contributed by atoms with Crippen molar-refractivity contribution < 1.29 is 9.53 Å². The monoisotopic (exact) mass is 330 g/mol. The average Bonchev–Trinajstić information content (AvgIpc) is 2.55. The minimum absolute atomic E-state index is 0.340. The summed E-state index contributed by atoms with van der Waals surface area (Å²) < 4.78 is 5.15. The average molecular weight is 331 g/mol. The molecule has 0 aliphatic heterocycles. The molecule has 2 aromatic rings. The fourth-order valence-electron chi connectivity index (χ4n) is 2.05. The summed E-state index contributed by atoms with van der Waals surface area (Å²) in [5.74, 6) is 0.554. The fourth-order valence-corrected chi connectivity index (χ4v) is 2.22. The summed E-state index contributed by atoms with van der Waals surface area (Å²) in [7, 11) is 1.50. The first-order chi connectivity index (χ1) is 11.0. The van der Waals surface area contributed by atoms with Crippen LogP contribution in [-0.4, -0.2) is 19.2 Å². The number of rotatable bonds is 5. The highest BCUT2D eigenvalue weighted by Gasteiger charge is 2.12. The maximum absolute atomic E-state index is 12.1. The van der Waals surface area contributed by atoms with Gasteiger partial charge in [0.05, 0.1) is 18.9 Å². The van der Waals surface area contributed by atoms with Gasteiger partial charge in [0.25, 0.3) is 5.91 Å². The number of carbonyl (C=O) groups excluding carboxylic acids is 1. The third-order valence-corrected chi connectivity index (χ3v) is 3.62. The van der Waals surface area contributed by atoms with Crippen LogP contribution >= 0.6 is 11.6 Å². The van der Waals surface area contributed by atoms with Crippen molar-refractivity contribution in [2.24, 2.45) is 5.10 Å². The van der Waals surface area contributed by atoms with Crippen LogP contribution in [0.4, 0.5) is 0 Å². The van der Waals surface area contributed by atoms with Gasteiger partial charge < -0.3 is 4.74 Å². The molecule has 1 amide bonds. The summed E-state index contributed by atoms with van der Waals surface area (Å²) in [5.41, 5.74) is 4.99. The Morgan fingerprint density at radius 1 is 1.22 bits per heavy atom. The van der Waals surface area contributed by atoms with Crippen LogP contribution in [0.5, 0.6) is 5.75 Å². The van der Waals surface area contributed by atoms with Gasteiger partial charge in [-0.05, 0) is 35.2 Å². The number of hydrogen-bond donors (Lipinski definition) is 1. The number of halogens is 1. The topological polar surface area (TPSA) is 50.7 Å². The second-order valence-electron chi connectivity index (χ2n) is 5.37. The largest absolute Gasteiger partial charge is 0.496 e. The predicted octanol–water partition coefficient (Wildman–Crippen LogP) is 4.24. The van der Waals surface area contributed by atoms with Crippen molar-refractivity contribution in [2.75, 3.05) is 7.11 Å². The Morgan fingerprint density at radius 3 is 2.52 bits per heavy atom. The molecule has 0 atom stereocenters. The molecular formula is C18H19ClN2O2. The molecular weight excluding hydrogens is 312 g/mol. The highest BCUT2D eigenvalue weighted by Crippen LogP contribution is 2.22. The zero-order chi connectivity index (χ0) is 16.8. The molecule has 2 rings (SSSR count). The molecule has 120 valence electrons. The Morgan fingerprint density at radius 2 is 1.91 bits per heavy atom. The highest BCUT2D eigenvalue weighted by molar-refractivity contribution is 6.31. The van der Waals surface area contributed by atoms with Gasteiger partial charge >= 0.3 is 0 Å². The van der Waals surface area contributed by atoms with Crippen molar-refractivity contribution in [1.82, 2.24) is 5.43 Å². The molecule has 23 heavy (non-hydrogen) atoms. The van der Waals surface area contributed by atoms with Crippen molar-refractivity contribution in [3.8, 4) is 5.75 Å². The van der Waals surface area contributed by atoms with Crippen LogP contribution < -0.4 is 10.2 Å². The molecule has 0 radical (unpaired) electrons. The van der Waals surface area contributed by atoms with E-state index in [2.05, 4.69) is 24.4 Å². The van der Waals surface area contributed by atoms with Gasteiger partial charge in [-0.3, -0.25) is 4.79 Å². The first-order valence-electron chi connectivity index (χ1n) is 7.28. The summed E-state index contributed by atoms with van der Waals surface area (Å²) in [4.78, 5) is 12.1. The summed E-state index contributed by atoms with van der Waals surface area (Å²) in [6.07, 6.45) is 1.60. The standard InChI is InChI=1S/C18H19ClN2O2/c1-12(2)14-6-4-13(5-7-14)11-20-21-18(22)16-10-15(19)8-9-17(16)23-3/h4-12H,1-3H3,(H,21,22). The molecule has 5 heteroatoms. The van der Waals surface area contributed by atoms with Gasteiger partial charge in [-0.15, -0.1) is 0 Å². The van der Waals surface area contributed by atoms with Crippen molar-refractivity contribution in [1.29, 1.82) is 0 Å². The van der Waals surface area contributed by atoms with Crippen LogP contribution in [0.1, 0.15) is 41.3 Å². The molecule has 0 heterocycles. The Labute approximate surface area is 141 Å². The number of nitrogens with zero attached hydrogens (tertiary/aromatic N) is 1. The molecule has 1 N–H and O–H groups in total. The van der Waals surface area contributed by atoms with E-state index in [1.807, 2.05) is 24.3 Å². The highest BCUT2D eigenvalue weighted by atomic mass is 35.5. The summed E-state index contributed by atoms with van der Waals surface area (Å²) in [5, 5.41) is 4.44. The minimum Gasteiger partial charge on any atom is -0.496 e. The van der Waals surface area contributed by atoms with Crippen molar-refractivity contribution in [3.63, 3.8) is 0 Å². The number of carbonyl (C=O) groups is 1. The van der Waals surface area contributed by atoms with Gasteiger partial charge in [0.2, 0.25) is 0 Å². The molecule has 0 aliphatic rings. The zero-order valence-corrected chi connectivity index (χ0v) is 14.1. The van der Waals surface area contributed by atoms with Gasteiger partial charge in [0.1, 0.15) is 5.75 Å². The molecule has 0 bridgehead atoms. The van der Waals surface area contributed by atoms with Crippen LogP contribution in [0.2, 0.25) is 5.02 Å².